The molecule has 4 rings (SSSR count). The predicted molar refractivity (Wildman–Crippen MR) is 97.0 cm³/mol. The molecule has 0 saturated heterocycles. The number of aromatic nitrogens is 5. The Morgan fingerprint density at radius 2 is 2.07 bits per heavy atom. The topological polar surface area (TPSA) is 94.8 Å². The molecular weight excluding hydrogens is 344 g/mol. The highest BCUT2D eigenvalue weighted by molar-refractivity contribution is 5.94. The van der Waals surface area contributed by atoms with Gasteiger partial charge in [-0.1, -0.05) is 6.07 Å². The van der Waals surface area contributed by atoms with Gasteiger partial charge in [-0.25, -0.2) is 4.68 Å². The van der Waals surface area contributed by atoms with Crippen molar-refractivity contribution in [1.82, 2.24) is 30.5 Å². The second-order valence-corrected chi connectivity index (χ2v) is 6.54. The molecule has 1 atom stereocenters. The fourth-order valence-corrected chi connectivity index (χ4v) is 2.75. The van der Waals surface area contributed by atoms with Gasteiger partial charge in [0.1, 0.15) is 12.4 Å². The maximum Gasteiger partial charge on any atom is 0.251 e. The molecule has 0 radical (unpaired) electrons. The number of rotatable bonds is 7. The number of pyridine rings is 1. The lowest BCUT2D eigenvalue weighted by molar-refractivity contribution is 0.0937. The first-order chi connectivity index (χ1) is 13.2. The van der Waals surface area contributed by atoms with Crippen LogP contribution in [-0.2, 0) is 6.61 Å². The largest absolute Gasteiger partial charge is 0.487 e. The van der Waals surface area contributed by atoms with E-state index >= 15 is 0 Å². The number of benzene rings is 1. The van der Waals surface area contributed by atoms with Gasteiger partial charge in [-0.05, 0) is 66.6 Å². The van der Waals surface area contributed by atoms with E-state index in [1.807, 2.05) is 25.1 Å². The molecule has 8 heteroatoms. The summed E-state index contributed by atoms with van der Waals surface area (Å²) in [5.41, 5.74) is 1.40. The predicted octanol–water partition coefficient (Wildman–Crippen LogP) is 2.47. The lowest BCUT2D eigenvalue weighted by Crippen LogP contribution is -2.28. The summed E-state index contributed by atoms with van der Waals surface area (Å²) in [7, 11) is 0. The van der Waals surface area contributed by atoms with Crippen LogP contribution >= 0.6 is 0 Å². The van der Waals surface area contributed by atoms with Crippen molar-refractivity contribution in [2.75, 3.05) is 0 Å². The van der Waals surface area contributed by atoms with E-state index < -0.39 is 0 Å². The average molecular weight is 364 g/mol. The van der Waals surface area contributed by atoms with Gasteiger partial charge in [0, 0.05) is 11.8 Å². The van der Waals surface area contributed by atoms with E-state index in [1.165, 1.54) is 0 Å². The highest BCUT2D eigenvalue weighted by atomic mass is 16.5. The molecule has 0 spiro atoms. The maximum absolute atomic E-state index is 12.5. The van der Waals surface area contributed by atoms with E-state index in [4.69, 9.17) is 4.74 Å². The van der Waals surface area contributed by atoms with Gasteiger partial charge in [-0.3, -0.25) is 9.78 Å². The molecule has 1 amide bonds. The van der Waals surface area contributed by atoms with Crippen molar-refractivity contribution >= 4 is 5.91 Å². The lowest BCUT2D eigenvalue weighted by Gasteiger charge is -2.13. The van der Waals surface area contributed by atoms with Crippen LogP contribution in [0.1, 0.15) is 53.7 Å². The summed E-state index contributed by atoms with van der Waals surface area (Å²) in [5.74, 6) is 1.19. The zero-order chi connectivity index (χ0) is 18.6. The number of hydrogen-bond donors (Lipinski definition) is 1. The van der Waals surface area contributed by atoms with Crippen molar-refractivity contribution in [3.63, 3.8) is 0 Å². The van der Waals surface area contributed by atoms with E-state index in [0.717, 1.165) is 18.5 Å². The summed E-state index contributed by atoms with van der Waals surface area (Å²) in [4.78, 5) is 16.7. The minimum atomic E-state index is -0.270. The fraction of sp³-hybridized carbons (Fsp3) is 0.316. The minimum absolute atomic E-state index is 0.177. The maximum atomic E-state index is 12.5. The Balaban J connectivity index is 1.35. The summed E-state index contributed by atoms with van der Waals surface area (Å²) in [5, 5.41) is 14.7. The van der Waals surface area contributed by atoms with E-state index in [0.29, 0.717) is 29.8 Å². The fourth-order valence-electron chi connectivity index (χ4n) is 2.75. The molecule has 1 saturated carbocycles. The molecule has 138 valence electrons. The zero-order valence-corrected chi connectivity index (χ0v) is 14.9. The van der Waals surface area contributed by atoms with Crippen molar-refractivity contribution in [3.8, 4) is 5.75 Å². The van der Waals surface area contributed by atoms with Crippen LogP contribution in [0.15, 0.2) is 48.7 Å². The first-order valence-corrected chi connectivity index (χ1v) is 8.92. The van der Waals surface area contributed by atoms with Crippen molar-refractivity contribution < 1.29 is 9.53 Å². The van der Waals surface area contributed by atoms with Crippen LogP contribution in [0, 0.1) is 0 Å². The molecule has 1 aliphatic carbocycles. The van der Waals surface area contributed by atoms with Crippen LogP contribution in [0.25, 0.3) is 0 Å². The molecule has 3 aromatic rings. The summed E-state index contributed by atoms with van der Waals surface area (Å²) < 4.78 is 7.50. The molecule has 0 bridgehead atoms. The Bertz CT molecular complexity index is 905. The van der Waals surface area contributed by atoms with Crippen molar-refractivity contribution in [2.45, 2.75) is 38.5 Å². The molecule has 2 heterocycles. The van der Waals surface area contributed by atoms with Crippen LogP contribution in [0.2, 0.25) is 0 Å². The van der Waals surface area contributed by atoms with Gasteiger partial charge in [0.05, 0.1) is 17.8 Å². The Labute approximate surface area is 156 Å². The highest BCUT2D eigenvalue weighted by Crippen LogP contribution is 2.35. The smallest absolute Gasteiger partial charge is 0.251 e. The van der Waals surface area contributed by atoms with E-state index in [-0.39, 0.29) is 11.9 Å². The van der Waals surface area contributed by atoms with Crippen molar-refractivity contribution in [2.24, 2.45) is 0 Å². The number of ether oxygens (including phenoxy) is 1. The van der Waals surface area contributed by atoms with E-state index in [2.05, 4.69) is 25.8 Å². The second kappa shape index (κ2) is 7.53. The monoisotopic (exact) mass is 364 g/mol. The number of hydrogen-bond acceptors (Lipinski definition) is 6. The van der Waals surface area contributed by atoms with Gasteiger partial charge >= 0.3 is 0 Å². The van der Waals surface area contributed by atoms with Gasteiger partial charge in [0.25, 0.3) is 5.91 Å². The van der Waals surface area contributed by atoms with E-state index in [1.54, 1.807) is 35.1 Å². The summed E-state index contributed by atoms with van der Waals surface area (Å²) in [6, 6.07) is 12.8. The zero-order valence-electron chi connectivity index (χ0n) is 14.9. The number of nitrogens with zero attached hydrogens (tertiary/aromatic N) is 5. The summed E-state index contributed by atoms with van der Waals surface area (Å²) >= 11 is 0. The Morgan fingerprint density at radius 3 is 2.78 bits per heavy atom. The first-order valence-electron chi connectivity index (χ1n) is 8.92. The van der Waals surface area contributed by atoms with Crippen molar-refractivity contribution in [3.05, 3.63) is 65.7 Å². The van der Waals surface area contributed by atoms with Gasteiger partial charge in [-0.15, -0.1) is 5.10 Å². The first kappa shape index (κ1) is 17.1. The van der Waals surface area contributed by atoms with Crippen LogP contribution in [-0.4, -0.2) is 31.1 Å². The van der Waals surface area contributed by atoms with Gasteiger partial charge in [-0.2, -0.15) is 0 Å². The molecule has 1 aromatic carbocycles. The van der Waals surface area contributed by atoms with Crippen LogP contribution in [0.3, 0.4) is 0 Å². The third-order valence-electron chi connectivity index (χ3n) is 4.38. The third kappa shape index (κ3) is 4.11. The van der Waals surface area contributed by atoms with Crippen molar-refractivity contribution in [1.29, 1.82) is 0 Å². The SMILES string of the molecule is C[C@H](NC(=O)c1ccc(OCc2ccccn2)cc1)c1nnnn1C1CC1. The van der Waals surface area contributed by atoms with Gasteiger partial charge < -0.3 is 10.1 Å². The van der Waals surface area contributed by atoms with Crippen LogP contribution in [0.4, 0.5) is 0 Å². The molecule has 0 aliphatic heterocycles. The Morgan fingerprint density at radius 1 is 1.26 bits per heavy atom. The number of amides is 1. The third-order valence-corrected chi connectivity index (χ3v) is 4.38. The number of tetrazole rings is 1. The molecular formula is C19H20N6O2. The molecule has 27 heavy (non-hydrogen) atoms. The van der Waals surface area contributed by atoms with E-state index in [9.17, 15) is 4.79 Å². The van der Waals surface area contributed by atoms with Gasteiger partial charge in [0.15, 0.2) is 5.82 Å². The summed E-state index contributed by atoms with van der Waals surface area (Å²) in [6.07, 6.45) is 3.89. The molecule has 2 aromatic heterocycles. The lowest BCUT2D eigenvalue weighted by atomic mass is 10.2. The molecule has 1 aliphatic rings. The second-order valence-electron chi connectivity index (χ2n) is 6.54. The Kier molecular flexibility index (Phi) is 4.78. The number of carbonyl (C=O) groups excluding carboxylic acids is 1. The molecule has 0 unspecified atom stereocenters. The molecule has 1 N–H and O–H groups in total. The normalized spacial score (nSPS) is 14.6. The minimum Gasteiger partial charge on any atom is -0.487 e. The standard InChI is InChI=1S/C19H20N6O2/c1-13(18-22-23-24-25(18)16-7-8-16)21-19(26)14-5-9-17(10-6-14)27-12-15-4-2-3-11-20-15/h2-6,9-11,13,16H,7-8,12H2,1H3,(H,21,26)/t13-/m0/s1. The van der Waals surface area contributed by atoms with Gasteiger partial charge in [0.2, 0.25) is 0 Å². The Hall–Kier alpha value is -3.29. The van der Waals surface area contributed by atoms with Crippen LogP contribution < -0.4 is 10.1 Å². The highest BCUT2D eigenvalue weighted by Gasteiger charge is 2.30. The average Bonchev–Trinajstić information content (AvgIpc) is 3.43. The number of carbonyl (C=O) groups is 1. The summed E-state index contributed by atoms with van der Waals surface area (Å²) in [6.45, 7) is 2.26. The van der Waals surface area contributed by atoms with Crippen LogP contribution in [0.5, 0.6) is 5.75 Å². The molecule has 8 nitrogen and oxygen atoms in total. The molecule has 1 fully saturated rings. The number of nitrogens with one attached hydrogen (secondary N) is 1. The quantitative estimate of drug-likeness (QED) is 0.692.